The van der Waals surface area contributed by atoms with Crippen LogP contribution in [0.2, 0.25) is 0 Å². The van der Waals surface area contributed by atoms with Crippen LogP contribution in [0.3, 0.4) is 0 Å². The molecule has 4 unspecified atom stereocenters. The maximum atomic E-state index is 14.2. The molecule has 2 aromatic rings. The molecule has 0 aromatic heterocycles. The number of benzene rings is 2. The highest BCUT2D eigenvalue weighted by molar-refractivity contribution is 14.1. The zero-order valence-electron chi connectivity index (χ0n) is 27.8. The van der Waals surface area contributed by atoms with E-state index in [-0.39, 0.29) is 31.4 Å². The van der Waals surface area contributed by atoms with E-state index in [1.54, 1.807) is 19.2 Å². The van der Waals surface area contributed by atoms with E-state index >= 15 is 0 Å². The van der Waals surface area contributed by atoms with Crippen LogP contribution in [0, 0.1) is 3.57 Å². The van der Waals surface area contributed by atoms with Crippen LogP contribution in [0.1, 0.15) is 87.6 Å². The van der Waals surface area contributed by atoms with E-state index in [1.807, 2.05) is 48.5 Å². The van der Waals surface area contributed by atoms with Crippen molar-refractivity contribution in [1.82, 2.24) is 10.2 Å². The summed E-state index contributed by atoms with van der Waals surface area (Å²) in [5.41, 5.74) is 1.72. The van der Waals surface area contributed by atoms with Gasteiger partial charge in [-0.2, -0.15) is 0 Å². The zero-order chi connectivity index (χ0) is 33.8. The fraction of sp³-hybridized carbons (Fsp3) is 0.541. The molecule has 10 heteroatoms. The lowest BCUT2D eigenvalue weighted by molar-refractivity contribution is -0.190. The van der Waals surface area contributed by atoms with Gasteiger partial charge in [-0.25, -0.2) is 4.79 Å². The predicted molar refractivity (Wildman–Crippen MR) is 189 cm³/mol. The molecule has 0 saturated carbocycles. The molecule has 1 aliphatic carbocycles. The van der Waals surface area contributed by atoms with Gasteiger partial charge in [0.05, 0.1) is 12.2 Å². The number of aliphatic hydroxyl groups is 1. The van der Waals surface area contributed by atoms with Crippen molar-refractivity contribution in [2.45, 2.75) is 108 Å². The summed E-state index contributed by atoms with van der Waals surface area (Å²) in [7, 11) is 1.61. The van der Waals surface area contributed by atoms with Gasteiger partial charge in [0.1, 0.15) is 24.4 Å². The Kier molecular flexibility index (Phi) is 14.3. The number of likely N-dealkylation sites (N-methyl/N-ethyl adjacent to an activating group) is 1. The second kappa shape index (κ2) is 18.1. The average molecular weight is 761 g/mol. The van der Waals surface area contributed by atoms with Gasteiger partial charge in [0.25, 0.3) is 0 Å². The second-order valence-corrected chi connectivity index (χ2v) is 13.7. The van der Waals surface area contributed by atoms with Gasteiger partial charge in [-0.1, -0.05) is 69.9 Å². The van der Waals surface area contributed by atoms with Gasteiger partial charge in [-0.15, -0.1) is 0 Å². The van der Waals surface area contributed by atoms with E-state index in [1.165, 1.54) is 4.90 Å². The van der Waals surface area contributed by atoms with Crippen molar-refractivity contribution in [1.29, 1.82) is 0 Å². The number of fused-ring (bicyclic) bond motifs is 1. The summed E-state index contributed by atoms with van der Waals surface area (Å²) >= 11 is 2.19. The molecule has 2 amide bonds. The Balaban J connectivity index is 1.64. The average Bonchev–Trinajstić information content (AvgIpc) is 3.45. The number of unbranched alkanes of at least 4 members (excludes halogenated alkanes) is 4. The van der Waals surface area contributed by atoms with Crippen LogP contribution in [-0.4, -0.2) is 78.1 Å². The third-order valence-corrected chi connectivity index (χ3v) is 9.61. The maximum Gasteiger partial charge on any atom is 0.338 e. The van der Waals surface area contributed by atoms with Crippen molar-refractivity contribution in [2.24, 2.45) is 0 Å². The van der Waals surface area contributed by atoms with Crippen LogP contribution in [0.25, 0.3) is 0 Å². The van der Waals surface area contributed by atoms with Gasteiger partial charge in [0.15, 0.2) is 5.79 Å². The molecule has 1 saturated heterocycles. The summed E-state index contributed by atoms with van der Waals surface area (Å²) in [4.78, 5) is 42.3. The third-order valence-electron chi connectivity index (χ3n) is 8.89. The van der Waals surface area contributed by atoms with Crippen LogP contribution in [0.5, 0.6) is 0 Å². The smallest absolute Gasteiger partial charge is 0.338 e. The predicted octanol–water partition coefficient (Wildman–Crippen LogP) is 5.97. The number of hydrogen-bond donors (Lipinski definition) is 2. The molecule has 9 nitrogen and oxygen atoms in total. The molecule has 4 atom stereocenters. The zero-order valence-corrected chi connectivity index (χ0v) is 29.9. The van der Waals surface area contributed by atoms with Crippen molar-refractivity contribution < 1.29 is 33.7 Å². The molecular weight excluding hydrogens is 711 g/mol. The number of halogens is 1. The lowest BCUT2D eigenvalue weighted by atomic mass is 9.90. The van der Waals surface area contributed by atoms with Crippen molar-refractivity contribution in [2.75, 3.05) is 20.2 Å². The number of ether oxygens (including phenoxy) is 3. The van der Waals surface area contributed by atoms with Crippen LogP contribution in [0.4, 0.5) is 0 Å². The lowest BCUT2D eigenvalue weighted by Gasteiger charge is -2.33. The molecule has 256 valence electrons. The highest BCUT2D eigenvalue weighted by atomic mass is 127. The minimum atomic E-state index is -0.828. The lowest BCUT2D eigenvalue weighted by Crippen LogP contribution is -2.51. The van der Waals surface area contributed by atoms with E-state index < -0.39 is 36.1 Å². The minimum absolute atomic E-state index is 0.0818. The molecular formula is C37H49IN2O7. The molecule has 4 rings (SSSR count). The number of carbonyl (C=O) groups excluding carboxylic acids is 3. The number of nitrogens with zero attached hydrogens (tertiary/aromatic N) is 1. The largest absolute Gasteiger partial charge is 0.456 e. The Labute approximate surface area is 292 Å². The Morgan fingerprint density at radius 2 is 1.66 bits per heavy atom. The number of amides is 2. The number of aliphatic hydroxyl groups excluding tert-OH is 1. The van der Waals surface area contributed by atoms with Crippen LogP contribution >= 0.6 is 22.6 Å². The first-order chi connectivity index (χ1) is 22.7. The van der Waals surface area contributed by atoms with Crippen molar-refractivity contribution >= 4 is 40.4 Å². The first kappa shape index (κ1) is 37.0. The summed E-state index contributed by atoms with van der Waals surface area (Å²) < 4.78 is 20.6. The number of hydrogen-bond acceptors (Lipinski definition) is 7. The summed E-state index contributed by atoms with van der Waals surface area (Å²) in [5, 5.41) is 12.1. The minimum Gasteiger partial charge on any atom is -0.456 e. The Morgan fingerprint density at radius 3 is 2.28 bits per heavy atom. The summed E-state index contributed by atoms with van der Waals surface area (Å²) in [6.07, 6.45) is 7.85. The fourth-order valence-electron chi connectivity index (χ4n) is 6.29. The standard InChI is InChI=1S/C37H49IN2O7/c1-4-6-11-19-37(20-12-7-5-2)46-32-25-28(24-31(33(32)47-37)45-36(44)27-15-17-29(38)18-16-27)35(43)40(3)30(34(42)39-21-22-41)23-26-13-9-8-10-14-26/h8-10,13-18,25,30-33,41H,4-7,11-12,19-24H2,1-3H3,(H,39,42). The SMILES string of the molecule is CCCCCC1(CCCCC)OC2C=C(C(=O)N(C)C(Cc3ccccc3)C(=O)NCCO)CC(OC(=O)c3ccc(I)cc3)C2O1. The van der Waals surface area contributed by atoms with E-state index in [9.17, 15) is 19.5 Å². The normalized spacial score (nSPS) is 20.5. The number of carbonyl (C=O) groups is 3. The number of rotatable bonds is 17. The number of nitrogens with one attached hydrogen (secondary N) is 1. The quantitative estimate of drug-likeness (QED) is 0.116. The Morgan fingerprint density at radius 1 is 1.00 bits per heavy atom. The van der Waals surface area contributed by atoms with E-state index in [4.69, 9.17) is 14.2 Å². The van der Waals surface area contributed by atoms with Gasteiger partial charge >= 0.3 is 5.97 Å². The molecule has 2 N–H and O–H groups in total. The molecule has 2 aromatic carbocycles. The highest BCUT2D eigenvalue weighted by Crippen LogP contribution is 2.43. The molecule has 1 heterocycles. The molecule has 1 aliphatic heterocycles. The van der Waals surface area contributed by atoms with Gasteiger partial charge in [-0.05, 0) is 71.3 Å². The molecule has 0 spiro atoms. The molecule has 2 aliphatic rings. The summed E-state index contributed by atoms with van der Waals surface area (Å²) in [5.74, 6) is -2.03. The molecule has 1 fully saturated rings. The number of esters is 1. The Hall–Kier alpha value is -2.80. The fourth-order valence-corrected chi connectivity index (χ4v) is 6.65. The first-order valence-electron chi connectivity index (χ1n) is 16.9. The molecule has 0 bridgehead atoms. The van der Waals surface area contributed by atoms with E-state index in [0.717, 1.165) is 60.5 Å². The van der Waals surface area contributed by atoms with Crippen LogP contribution < -0.4 is 5.32 Å². The van der Waals surface area contributed by atoms with Crippen LogP contribution in [0.15, 0.2) is 66.2 Å². The van der Waals surface area contributed by atoms with Crippen molar-refractivity contribution in [3.8, 4) is 0 Å². The van der Waals surface area contributed by atoms with Gasteiger partial charge < -0.3 is 29.5 Å². The molecule has 0 radical (unpaired) electrons. The van der Waals surface area contributed by atoms with Crippen molar-refractivity contribution in [3.63, 3.8) is 0 Å². The highest BCUT2D eigenvalue weighted by Gasteiger charge is 2.52. The summed E-state index contributed by atoms with van der Waals surface area (Å²) in [6.45, 7) is 4.19. The molecule has 47 heavy (non-hydrogen) atoms. The van der Waals surface area contributed by atoms with Crippen molar-refractivity contribution in [3.05, 3.63) is 80.9 Å². The maximum absolute atomic E-state index is 14.2. The van der Waals surface area contributed by atoms with Gasteiger partial charge in [0.2, 0.25) is 11.8 Å². The Bertz CT molecular complexity index is 1340. The topological polar surface area (TPSA) is 114 Å². The van der Waals surface area contributed by atoms with E-state index in [0.29, 0.717) is 17.6 Å². The van der Waals surface area contributed by atoms with Gasteiger partial charge in [0, 0.05) is 48.4 Å². The van der Waals surface area contributed by atoms with Crippen LogP contribution in [-0.2, 0) is 30.2 Å². The summed E-state index contributed by atoms with van der Waals surface area (Å²) in [6, 6.07) is 15.8. The van der Waals surface area contributed by atoms with Gasteiger partial charge in [-0.3, -0.25) is 9.59 Å². The van der Waals surface area contributed by atoms with E-state index in [2.05, 4.69) is 41.8 Å². The first-order valence-corrected chi connectivity index (χ1v) is 18.0. The third kappa shape index (κ3) is 10.1. The second-order valence-electron chi connectivity index (χ2n) is 12.5. The monoisotopic (exact) mass is 760 g/mol.